The first-order valence-electron chi connectivity index (χ1n) is 8.89. The topological polar surface area (TPSA) is 122 Å². The van der Waals surface area contributed by atoms with Crippen molar-refractivity contribution < 1.29 is 14.6 Å². The van der Waals surface area contributed by atoms with Crippen molar-refractivity contribution in [3.8, 4) is 0 Å². The highest BCUT2D eigenvalue weighted by atomic mass is 35.5. The van der Waals surface area contributed by atoms with E-state index in [-0.39, 0.29) is 33.7 Å². The Kier molecular flexibility index (Phi) is 6.70. The van der Waals surface area contributed by atoms with E-state index in [1.54, 1.807) is 12.1 Å². The second-order valence-corrected chi connectivity index (χ2v) is 7.49. The van der Waals surface area contributed by atoms with Gasteiger partial charge in [-0.1, -0.05) is 23.2 Å². The Hall–Kier alpha value is -2.95. The molecule has 0 radical (unpaired) electrons. The summed E-state index contributed by atoms with van der Waals surface area (Å²) in [6, 6.07) is 8.55. The molecule has 0 aromatic heterocycles. The van der Waals surface area contributed by atoms with Gasteiger partial charge >= 0.3 is 0 Å². The number of benzene rings is 2. The summed E-state index contributed by atoms with van der Waals surface area (Å²) >= 11 is 11.6. The zero-order valence-corrected chi connectivity index (χ0v) is 17.1. The largest absolute Gasteiger partial charge is 0.363 e. The van der Waals surface area contributed by atoms with Gasteiger partial charge in [0, 0.05) is 48.4 Å². The molecule has 1 N–H and O–H groups in total. The van der Waals surface area contributed by atoms with Crippen LogP contribution in [0.5, 0.6) is 0 Å². The van der Waals surface area contributed by atoms with Crippen molar-refractivity contribution in [1.29, 1.82) is 0 Å². The Labute approximate surface area is 181 Å². The SMILES string of the molecule is O=C(CN1CCN(c2ccc(Cl)cc2[N+](=O)[O-])CC1)Nc1ccc(Cl)cc1[N+](=O)[O-]. The Morgan fingerprint density at radius 2 is 1.50 bits per heavy atom. The maximum absolute atomic E-state index is 12.3. The lowest BCUT2D eigenvalue weighted by Gasteiger charge is -2.35. The van der Waals surface area contributed by atoms with Crippen LogP contribution < -0.4 is 10.2 Å². The van der Waals surface area contributed by atoms with Gasteiger partial charge in [0.25, 0.3) is 11.4 Å². The molecule has 1 aliphatic rings. The average molecular weight is 454 g/mol. The van der Waals surface area contributed by atoms with Crippen molar-refractivity contribution in [3.63, 3.8) is 0 Å². The second kappa shape index (κ2) is 9.24. The highest BCUT2D eigenvalue weighted by Gasteiger charge is 2.25. The molecule has 2 aromatic carbocycles. The van der Waals surface area contributed by atoms with Crippen molar-refractivity contribution in [2.75, 3.05) is 42.9 Å². The van der Waals surface area contributed by atoms with Crippen molar-refractivity contribution in [3.05, 3.63) is 66.7 Å². The van der Waals surface area contributed by atoms with Crippen LogP contribution in [0, 0.1) is 20.2 Å². The number of halogens is 2. The molecule has 0 atom stereocenters. The van der Waals surface area contributed by atoms with Crippen LogP contribution in [0.15, 0.2) is 36.4 Å². The summed E-state index contributed by atoms with van der Waals surface area (Å²) in [7, 11) is 0. The number of rotatable bonds is 6. The van der Waals surface area contributed by atoms with Crippen LogP contribution in [-0.4, -0.2) is 53.4 Å². The molecule has 1 saturated heterocycles. The number of nitrogens with zero attached hydrogens (tertiary/aromatic N) is 4. The molecular formula is C18H17Cl2N5O5. The van der Waals surface area contributed by atoms with Crippen molar-refractivity contribution in [2.45, 2.75) is 0 Å². The van der Waals surface area contributed by atoms with Gasteiger partial charge in [0.15, 0.2) is 0 Å². The number of carbonyl (C=O) groups excluding carboxylic acids is 1. The predicted octanol–water partition coefficient (Wildman–Crippen LogP) is 3.57. The summed E-state index contributed by atoms with van der Waals surface area (Å²) in [6.45, 7) is 2.00. The third-order valence-electron chi connectivity index (χ3n) is 4.64. The second-order valence-electron chi connectivity index (χ2n) is 6.62. The maximum atomic E-state index is 12.3. The quantitative estimate of drug-likeness (QED) is 0.523. The molecule has 1 fully saturated rings. The molecule has 0 aliphatic carbocycles. The number of piperazine rings is 1. The first-order valence-corrected chi connectivity index (χ1v) is 9.65. The molecule has 1 heterocycles. The number of nitrogens with one attached hydrogen (secondary N) is 1. The molecule has 0 saturated carbocycles. The predicted molar refractivity (Wildman–Crippen MR) is 113 cm³/mol. The number of hydrogen-bond donors (Lipinski definition) is 1. The molecule has 12 heteroatoms. The van der Waals surface area contributed by atoms with Gasteiger partial charge in [-0.3, -0.25) is 29.9 Å². The minimum absolute atomic E-state index is 0.0380. The number of amides is 1. The number of anilines is 2. The van der Waals surface area contributed by atoms with Crippen LogP contribution >= 0.6 is 23.2 Å². The van der Waals surface area contributed by atoms with E-state index >= 15 is 0 Å². The number of nitro groups is 2. The van der Waals surface area contributed by atoms with Crippen LogP contribution in [0.3, 0.4) is 0 Å². The van der Waals surface area contributed by atoms with Gasteiger partial charge in [-0.25, -0.2) is 0 Å². The van der Waals surface area contributed by atoms with E-state index in [1.165, 1.54) is 24.3 Å². The van der Waals surface area contributed by atoms with Crippen LogP contribution in [0.2, 0.25) is 10.0 Å². The van der Waals surface area contributed by atoms with Gasteiger partial charge in [0.1, 0.15) is 11.4 Å². The van der Waals surface area contributed by atoms with Crippen LogP contribution in [0.4, 0.5) is 22.7 Å². The molecule has 1 aliphatic heterocycles. The number of nitro benzene ring substituents is 2. The first-order chi connectivity index (χ1) is 14.2. The molecule has 2 aromatic rings. The molecule has 158 valence electrons. The third kappa shape index (κ3) is 5.15. The molecule has 10 nitrogen and oxygen atoms in total. The van der Waals surface area contributed by atoms with Crippen molar-refractivity contribution in [2.24, 2.45) is 0 Å². The van der Waals surface area contributed by atoms with Gasteiger partial charge in [-0.05, 0) is 24.3 Å². The van der Waals surface area contributed by atoms with Crippen molar-refractivity contribution >= 4 is 51.9 Å². The van der Waals surface area contributed by atoms with Crippen LogP contribution in [0.25, 0.3) is 0 Å². The van der Waals surface area contributed by atoms with E-state index in [4.69, 9.17) is 23.2 Å². The van der Waals surface area contributed by atoms with E-state index in [1.807, 2.05) is 9.80 Å². The van der Waals surface area contributed by atoms with E-state index in [0.29, 0.717) is 31.9 Å². The number of hydrogen-bond acceptors (Lipinski definition) is 7. The highest BCUT2D eigenvalue weighted by Crippen LogP contribution is 2.32. The zero-order valence-electron chi connectivity index (χ0n) is 15.6. The van der Waals surface area contributed by atoms with Gasteiger partial charge in [-0.15, -0.1) is 0 Å². The van der Waals surface area contributed by atoms with Gasteiger partial charge in [0.2, 0.25) is 5.91 Å². The van der Waals surface area contributed by atoms with E-state index in [2.05, 4.69) is 5.32 Å². The Morgan fingerprint density at radius 3 is 2.10 bits per heavy atom. The molecule has 0 spiro atoms. The lowest BCUT2D eigenvalue weighted by atomic mass is 10.2. The molecule has 3 rings (SSSR count). The first kappa shape index (κ1) is 21.8. The fourth-order valence-corrected chi connectivity index (χ4v) is 3.54. The monoisotopic (exact) mass is 453 g/mol. The smallest absolute Gasteiger partial charge is 0.294 e. The zero-order chi connectivity index (χ0) is 21.8. The summed E-state index contributed by atoms with van der Waals surface area (Å²) in [6.07, 6.45) is 0. The minimum Gasteiger partial charge on any atom is -0.363 e. The Morgan fingerprint density at radius 1 is 0.933 bits per heavy atom. The van der Waals surface area contributed by atoms with E-state index < -0.39 is 15.8 Å². The molecule has 1 amide bonds. The van der Waals surface area contributed by atoms with Crippen molar-refractivity contribution in [1.82, 2.24) is 4.90 Å². The average Bonchev–Trinajstić information content (AvgIpc) is 2.69. The van der Waals surface area contributed by atoms with Crippen LogP contribution in [-0.2, 0) is 4.79 Å². The fraction of sp³-hybridized carbons (Fsp3) is 0.278. The molecule has 30 heavy (non-hydrogen) atoms. The summed E-state index contributed by atoms with van der Waals surface area (Å²) in [4.78, 5) is 37.4. The highest BCUT2D eigenvalue weighted by molar-refractivity contribution is 6.31. The molecular weight excluding hydrogens is 437 g/mol. The lowest BCUT2D eigenvalue weighted by molar-refractivity contribution is -0.384. The van der Waals surface area contributed by atoms with Gasteiger partial charge in [-0.2, -0.15) is 0 Å². The van der Waals surface area contributed by atoms with Crippen LogP contribution in [0.1, 0.15) is 0 Å². The normalized spacial score (nSPS) is 14.4. The lowest BCUT2D eigenvalue weighted by Crippen LogP contribution is -2.48. The number of carbonyl (C=O) groups is 1. The summed E-state index contributed by atoms with van der Waals surface area (Å²) in [5.74, 6) is -0.397. The summed E-state index contributed by atoms with van der Waals surface area (Å²) in [5.41, 5.74) is 0.203. The van der Waals surface area contributed by atoms with Gasteiger partial charge < -0.3 is 10.2 Å². The summed E-state index contributed by atoms with van der Waals surface area (Å²) in [5, 5.41) is 25.5. The molecule has 0 bridgehead atoms. The third-order valence-corrected chi connectivity index (χ3v) is 5.12. The Bertz CT molecular complexity index is 995. The Balaban J connectivity index is 1.60. The van der Waals surface area contributed by atoms with E-state index in [0.717, 1.165) is 0 Å². The maximum Gasteiger partial charge on any atom is 0.294 e. The van der Waals surface area contributed by atoms with E-state index in [9.17, 15) is 25.0 Å². The van der Waals surface area contributed by atoms with Gasteiger partial charge in [0.05, 0.1) is 16.4 Å². The minimum atomic E-state index is -0.612. The molecule has 0 unspecified atom stereocenters. The fourth-order valence-electron chi connectivity index (χ4n) is 3.21. The standard InChI is InChI=1S/C18H17Cl2N5O5/c19-12-1-3-14(16(9-12)24(27)28)21-18(26)11-22-5-7-23(8-6-22)15-4-2-13(20)10-17(15)25(29)30/h1-4,9-10H,5-8,11H2,(H,21,26). The summed E-state index contributed by atoms with van der Waals surface area (Å²) < 4.78 is 0.